The zero-order chi connectivity index (χ0) is 20.4. The molecule has 0 spiro atoms. The van der Waals surface area contributed by atoms with E-state index in [1.807, 2.05) is 18.2 Å². The number of rotatable bonds is 4. The smallest absolute Gasteiger partial charge is 0.255 e. The highest BCUT2D eigenvalue weighted by atomic mass is 15.4. The average molecular weight is 384 g/mol. The number of nitrogen functional groups attached to an aromatic ring is 1. The average Bonchev–Trinajstić information content (AvgIpc) is 3.23. The SMILES string of the molecule is [C-]#[N+]c1c(C)nn(-c2ccccn2)c1N=Nc1c(C)nn(-c2ccccn2)c1N. The summed E-state index contributed by atoms with van der Waals surface area (Å²) in [4.78, 5) is 12.1. The Bertz CT molecular complexity index is 1230. The lowest BCUT2D eigenvalue weighted by Gasteiger charge is -2.03. The summed E-state index contributed by atoms with van der Waals surface area (Å²) < 4.78 is 2.99. The Morgan fingerprint density at radius 1 is 0.897 bits per heavy atom. The first-order valence-electron chi connectivity index (χ1n) is 8.67. The van der Waals surface area contributed by atoms with Crippen molar-refractivity contribution in [3.63, 3.8) is 0 Å². The number of anilines is 1. The highest BCUT2D eigenvalue weighted by Gasteiger charge is 2.19. The van der Waals surface area contributed by atoms with E-state index in [1.54, 1.807) is 44.4 Å². The zero-order valence-corrected chi connectivity index (χ0v) is 15.7. The quantitative estimate of drug-likeness (QED) is 0.421. The third-order valence-electron chi connectivity index (χ3n) is 4.16. The van der Waals surface area contributed by atoms with Crippen LogP contribution >= 0.6 is 0 Å². The fourth-order valence-corrected chi connectivity index (χ4v) is 2.78. The fourth-order valence-electron chi connectivity index (χ4n) is 2.78. The minimum atomic E-state index is 0.278. The maximum Gasteiger partial charge on any atom is 0.255 e. The molecule has 0 amide bonds. The topological polar surface area (TPSA) is 117 Å². The van der Waals surface area contributed by atoms with Crippen LogP contribution in [0.1, 0.15) is 11.4 Å². The van der Waals surface area contributed by atoms with Crippen molar-refractivity contribution in [3.05, 3.63) is 71.6 Å². The van der Waals surface area contributed by atoms with Crippen LogP contribution in [0.3, 0.4) is 0 Å². The minimum Gasteiger partial charge on any atom is -0.382 e. The summed E-state index contributed by atoms with van der Waals surface area (Å²) in [5.41, 5.74) is 8.06. The molecule has 142 valence electrons. The highest BCUT2D eigenvalue weighted by molar-refractivity contribution is 5.68. The second-order valence-electron chi connectivity index (χ2n) is 6.09. The molecule has 0 saturated heterocycles. The Morgan fingerprint density at radius 3 is 2.10 bits per heavy atom. The van der Waals surface area contributed by atoms with Crippen LogP contribution in [0, 0.1) is 20.4 Å². The molecular formula is C19H16N10. The maximum absolute atomic E-state index is 7.49. The molecule has 29 heavy (non-hydrogen) atoms. The van der Waals surface area contributed by atoms with Crippen molar-refractivity contribution < 1.29 is 0 Å². The van der Waals surface area contributed by atoms with Gasteiger partial charge in [0.05, 0.1) is 18.0 Å². The summed E-state index contributed by atoms with van der Waals surface area (Å²) in [6, 6.07) is 10.8. The third-order valence-corrected chi connectivity index (χ3v) is 4.16. The Labute approximate surface area is 166 Å². The van der Waals surface area contributed by atoms with Gasteiger partial charge in [0.2, 0.25) is 0 Å². The van der Waals surface area contributed by atoms with Crippen molar-refractivity contribution in [1.29, 1.82) is 0 Å². The normalized spacial score (nSPS) is 11.1. The van der Waals surface area contributed by atoms with Gasteiger partial charge in [-0.3, -0.25) is 0 Å². The molecule has 10 nitrogen and oxygen atoms in total. The number of hydrogen-bond acceptors (Lipinski definition) is 7. The van der Waals surface area contributed by atoms with Gasteiger partial charge in [0.1, 0.15) is 0 Å². The lowest BCUT2D eigenvalue weighted by atomic mass is 10.4. The molecule has 0 aliphatic heterocycles. The largest absolute Gasteiger partial charge is 0.382 e. The van der Waals surface area contributed by atoms with Crippen LogP contribution in [0.15, 0.2) is 59.0 Å². The summed E-state index contributed by atoms with van der Waals surface area (Å²) in [7, 11) is 0. The summed E-state index contributed by atoms with van der Waals surface area (Å²) in [6.45, 7) is 11.0. The molecule has 0 radical (unpaired) electrons. The van der Waals surface area contributed by atoms with Crippen LogP contribution in [-0.4, -0.2) is 29.5 Å². The van der Waals surface area contributed by atoms with Gasteiger partial charge in [0.25, 0.3) is 5.69 Å². The van der Waals surface area contributed by atoms with E-state index in [0.29, 0.717) is 40.2 Å². The van der Waals surface area contributed by atoms with Crippen LogP contribution in [-0.2, 0) is 0 Å². The van der Waals surface area contributed by atoms with Gasteiger partial charge in [-0.25, -0.2) is 19.5 Å². The van der Waals surface area contributed by atoms with Crippen molar-refractivity contribution in [3.8, 4) is 11.6 Å². The molecule has 4 aromatic rings. The molecule has 0 fully saturated rings. The number of nitrogens with zero attached hydrogens (tertiary/aromatic N) is 9. The van der Waals surface area contributed by atoms with Crippen LogP contribution < -0.4 is 5.73 Å². The Balaban J connectivity index is 1.80. The monoisotopic (exact) mass is 384 g/mol. The predicted molar refractivity (Wildman–Crippen MR) is 107 cm³/mol. The second kappa shape index (κ2) is 7.32. The molecule has 10 heteroatoms. The van der Waals surface area contributed by atoms with Crippen molar-refractivity contribution in [2.24, 2.45) is 10.2 Å². The minimum absolute atomic E-state index is 0.278. The van der Waals surface area contributed by atoms with Gasteiger partial charge in [-0.05, 0) is 38.1 Å². The maximum atomic E-state index is 7.49. The molecule has 4 aromatic heterocycles. The number of aryl methyl sites for hydroxylation is 2. The second-order valence-corrected chi connectivity index (χ2v) is 6.09. The number of aromatic nitrogens is 6. The summed E-state index contributed by atoms with van der Waals surface area (Å²) >= 11 is 0. The standard InChI is InChI=1S/C19H16N10/c1-12-16(18(20)28(26-12)14-8-4-6-10-22-14)24-25-19-17(21-3)13(2)27-29(19)15-9-5-7-11-23-15/h4-11H,20H2,1-2H3. The summed E-state index contributed by atoms with van der Waals surface area (Å²) in [5.74, 6) is 1.69. The zero-order valence-electron chi connectivity index (χ0n) is 15.7. The first-order chi connectivity index (χ1) is 14.1. The lowest BCUT2D eigenvalue weighted by molar-refractivity contribution is 0.826. The first-order valence-corrected chi connectivity index (χ1v) is 8.67. The van der Waals surface area contributed by atoms with Gasteiger partial charge in [-0.1, -0.05) is 12.1 Å². The van der Waals surface area contributed by atoms with Crippen molar-refractivity contribution in [1.82, 2.24) is 29.5 Å². The summed E-state index contributed by atoms with van der Waals surface area (Å²) in [5, 5.41) is 17.4. The highest BCUT2D eigenvalue weighted by Crippen LogP contribution is 2.36. The fraction of sp³-hybridized carbons (Fsp3) is 0.105. The van der Waals surface area contributed by atoms with Gasteiger partial charge in [0, 0.05) is 12.4 Å². The van der Waals surface area contributed by atoms with E-state index in [0.717, 1.165) is 0 Å². The Hall–Kier alpha value is -4.39. The molecule has 0 bridgehead atoms. The third kappa shape index (κ3) is 3.21. The van der Waals surface area contributed by atoms with E-state index in [9.17, 15) is 0 Å². The van der Waals surface area contributed by atoms with Crippen LogP contribution in [0.4, 0.5) is 23.0 Å². The van der Waals surface area contributed by atoms with Gasteiger partial charge in [-0.2, -0.15) is 14.9 Å². The van der Waals surface area contributed by atoms with Gasteiger partial charge in [0.15, 0.2) is 29.0 Å². The van der Waals surface area contributed by atoms with Crippen LogP contribution in [0.25, 0.3) is 16.5 Å². The van der Waals surface area contributed by atoms with Crippen molar-refractivity contribution in [2.45, 2.75) is 13.8 Å². The molecule has 2 N–H and O–H groups in total. The molecule has 0 aromatic carbocycles. The molecule has 4 heterocycles. The Kier molecular flexibility index (Phi) is 4.54. The van der Waals surface area contributed by atoms with Crippen LogP contribution in [0.5, 0.6) is 0 Å². The number of pyridine rings is 2. The van der Waals surface area contributed by atoms with Gasteiger partial charge >= 0.3 is 0 Å². The Morgan fingerprint density at radius 2 is 1.52 bits per heavy atom. The van der Waals surface area contributed by atoms with Crippen molar-refractivity contribution >= 4 is 23.0 Å². The molecule has 4 rings (SSSR count). The van der Waals surface area contributed by atoms with Crippen molar-refractivity contribution in [2.75, 3.05) is 5.73 Å². The molecule has 0 aliphatic rings. The molecule has 0 saturated carbocycles. The molecule has 0 atom stereocenters. The van der Waals surface area contributed by atoms with E-state index < -0.39 is 0 Å². The van der Waals surface area contributed by atoms with Gasteiger partial charge in [-0.15, -0.1) is 10.2 Å². The van der Waals surface area contributed by atoms with E-state index in [-0.39, 0.29) is 5.82 Å². The van der Waals surface area contributed by atoms with Gasteiger partial charge < -0.3 is 5.73 Å². The molecular weight excluding hydrogens is 368 g/mol. The van der Waals surface area contributed by atoms with E-state index in [2.05, 4.69) is 35.2 Å². The lowest BCUT2D eigenvalue weighted by Crippen LogP contribution is -2.03. The predicted octanol–water partition coefficient (Wildman–Crippen LogP) is 4.01. The number of hydrogen-bond donors (Lipinski definition) is 1. The first kappa shape index (κ1) is 18.0. The van der Waals surface area contributed by atoms with E-state index in [4.69, 9.17) is 12.3 Å². The summed E-state index contributed by atoms with van der Waals surface area (Å²) in [6.07, 6.45) is 3.30. The number of nitrogens with two attached hydrogens (primary N) is 1. The molecule has 0 unspecified atom stereocenters. The van der Waals surface area contributed by atoms with E-state index in [1.165, 1.54) is 9.36 Å². The molecule has 0 aliphatic carbocycles. The van der Waals surface area contributed by atoms with E-state index >= 15 is 0 Å². The number of azo groups is 1. The van der Waals surface area contributed by atoms with Crippen LogP contribution in [0.2, 0.25) is 0 Å².